The van der Waals surface area contributed by atoms with Crippen LogP contribution in [0, 0.1) is 0 Å². The van der Waals surface area contributed by atoms with E-state index in [2.05, 4.69) is 20.8 Å². The van der Waals surface area contributed by atoms with Crippen LogP contribution >= 0.6 is 0 Å². The van der Waals surface area contributed by atoms with Crippen molar-refractivity contribution in [1.82, 2.24) is 0 Å². The first-order valence-electron chi connectivity index (χ1n) is 4.17. The van der Waals surface area contributed by atoms with Crippen molar-refractivity contribution in [2.24, 2.45) is 0 Å². The SMILES string of the molecule is CCO[Si](OC)(OC)C(C)(C)C. The van der Waals surface area contributed by atoms with E-state index in [0.717, 1.165) is 0 Å². The highest BCUT2D eigenvalue weighted by Crippen LogP contribution is 2.37. The van der Waals surface area contributed by atoms with E-state index in [1.54, 1.807) is 14.2 Å². The number of hydrogen-bond acceptors (Lipinski definition) is 3. The van der Waals surface area contributed by atoms with Gasteiger partial charge in [0.2, 0.25) is 0 Å². The summed E-state index contributed by atoms with van der Waals surface area (Å²) in [4.78, 5) is 0. The summed E-state index contributed by atoms with van der Waals surface area (Å²) in [6, 6.07) is 0. The third-order valence-electron chi connectivity index (χ3n) is 1.79. The number of rotatable bonds is 4. The molecule has 0 bridgehead atoms. The lowest BCUT2D eigenvalue weighted by Gasteiger charge is -2.36. The van der Waals surface area contributed by atoms with Crippen molar-refractivity contribution in [3.05, 3.63) is 0 Å². The third kappa shape index (κ3) is 2.29. The fourth-order valence-electron chi connectivity index (χ4n) is 1.22. The molecular formula is C8H20O3Si. The largest absolute Gasteiger partial charge is 0.506 e. The molecule has 0 aliphatic carbocycles. The molecule has 74 valence electrons. The Balaban J connectivity index is 4.57. The summed E-state index contributed by atoms with van der Waals surface area (Å²) >= 11 is 0. The van der Waals surface area contributed by atoms with E-state index in [1.165, 1.54) is 0 Å². The zero-order valence-corrected chi connectivity index (χ0v) is 9.93. The summed E-state index contributed by atoms with van der Waals surface area (Å²) in [6.07, 6.45) is 0. The summed E-state index contributed by atoms with van der Waals surface area (Å²) in [5.41, 5.74) is 0. The highest BCUT2D eigenvalue weighted by atomic mass is 28.4. The third-order valence-corrected chi connectivity index (χ3v) is 5.37. The maximum absolute atomic E-state index is 5.59. The van der Waals surface area contributed by atoms with Crippen molar-refractivity contribution in [3.63, 3.8) is 0 Å². The minimum atomic E-state index is -2.45. The molecule has 0 radical (unpaired) electrons. The average Bonchev–Trinajstić information content (AvgIpc) is 1.98. The van der Waals surface area contributed by atoms with Crippen LogP contribution in [0.5, 0.6) is 0 Å². The maximum atomic E-state index is 5.59. The molecular weight excluding hydrogens is 172 g/mol. The normalized spacial score (nSPS) is 13.5. The molecule has 0 atom stereocenters. The quantitative estimate of drug-likeness (QED) is 0.638. The van der Waals surface area contributed by atoms with Gasteiger partial charge in [-0.25, -0.2) is 0 Å². The molecule has 0 fully saturated rings. The van der Waals surface area contributed by atoms with Crippen LogP contribution in [0.4, 0.5) is 0 Å². The van der Waals surface area contributed by atoms with Gasteiger partial charge in [-0.05, 0) is 6.92 Å². The van der Waals surface area contributed by atoms with E-state index >= 15 is 0 Å². The standard InChI is InChI=1S/C8H20O3Si/c1-7-11-12(9-5,10-6)8(2,3)4/h7H2,1-6H3. The van der Waals surface area contributed by atoms with Crippen LogP contribution in [-0.2, 0) is 13.3 Å². The summed E-state index contributed by atoms with van der Waals surface area (Å²) in [5.74, 6) is 0. The van der Waals surface area contributed by atoms with Gasteiger partial charge in [0.15, 0.2) is 0 Å². The van der Waals surface area contributed by atoms with Crippen LogP contribution in [0.25, 0.3) is 0 Å². The van der Waals surface area contributed by atoms with Gasteiger partial charge in [-0.3, -0.25) is 0 Å². The van der Waals surface area contributed by atoms with Crippen LogP contribution in [0.3, 0.4) is 0 Å². The van der Waals surface area contributed by atoms with Gasteiger partial charge < -0.3 is 13.3 Å². The fraction of sp³-hybridized carbons (Fsp3) is 1.00. The van der Waals surface area contributed by atoms with Crippen molar-refractivity contribution < 1.29 is 13.3 Å². The molecule has 0 aromatic carbocycles. The predicted molar refractivity (Wildman–Crippen MR) is 51.1 cm³/mol. The Hall–Kier alpha value is 0.0969. The smallest absolute Gasteiger partial charge is 0.377 e. The molecule has 0 saturated heterocycles. The van der Waals surface area contributed by atoms with Crippen LogP contribution in [0.2, 0.25) is 5.04 Å². The molecule has 12 heavy (non-hydrogen) atoms. The summed E-state index contributed by atoms with van der Waals surface area (Å²) in [6.45, 7) is 8.79. The topological polar surface area (TPSA) is 27.7 Å². The van der Waals surface area contributed by atoms with Crippen molar-refractivity contribution in [2.75, 3.05) is 20.8 Å². The van der Waals surface area contributed by atoms with Crippen molar-refractivity contribution in [2.45, 2.75) is 32.7 Å². The van der Waals surface area contributed by atoms with Gasteiger partial charge in [0, 0.05) is 25.9 Å². The molecule has 4 heteroatoms. The van der Waals surface area contributed by atoms with Crippen LogP contribution in [-0.4, -0.2) is 29.6 Å². The second-order valence-corrected chi connectivity index (χ2v) is 7.36. The molecule has 0 aromatic rings. The zero-order valence-electron chi connectivity index (χ0n) is 8.93. The van der Waals surface area contributed by atoms with Crippen molar-refractivity contribution in [1.29, 1.82) is 0 Å². The summed E-state index contributed by atoms with van der Waals surface area (Å²) in [7, 11) is 0.854. The Labute approximate surface area is 76.4 Å². The van der Waals surface area contributed by atoms with E-state index in [1.807, 2.05) is 6.92 Å². The lowest BCUT2D eigenvalue weighted by atomic mass is 10.3. The molecule has 0 heterocycles. The fourth-order valence-corrected chi connectivity index (χ4v) is 3.66. The minimum absolute atomic E-state index is 0.0630. The summed E-state index contributed by atoms with van der Waals surface area (Å²) < 4.78 is 16.4. The molecule has 0 N–H and O–H groups in total. The highest BCUT2D eigenvalue weighted by Gasteiger charge is 2.51. The van der Waals surface area contributed by atoms with Gasteiger partial charge in [0.1, 0.15) is 0 Å². The Kier molecular flexibility index (Phi) is 4.40. The van der Waals surface area contributed by atoms with Crippen LogP contribution in [0.1, 0.15) is 27.7 Å². The molecule has 0 aliphatic heterocycles. The van der Waals surface area contributed by atoms with Crippen LogP contribution < -0.4 is 0 Å². The average molecular weight is 192 g/mol. The Morgan fingerprint density at radius 1 is 1.08 bits per heavy atom. The molecule has 0 rings (SSSR count). The molecule has 3 nitrogen and oxygen atoms in total. The lowest BCUT2D eigenvalue weighted by molar-refractivity contribution is 0.0810. The lowest BCUT2D eigenvalue weighted by Crippen LogP contribution is -2.51. The van der Waals surface area contributed by atoms with E-state index in [9.17, 15) is 0 Å². The Morgan fingerprint density at radius 2 is 1.50 bits per heavy atom. The second kappa shape index (κ2) is 4.37. The van der Waals surface area contributed by atoms with E-state index < -0.39 is 8.80 Å². The maximum Gasteiger partial charge on any atom is 0.506 e. The molecule has 0 aromatic heterocycles. The van der Waals surface area contributed by atoms with E-state index in [4.69, 9.17) is 13.3 Å². The predicted octanol–water partition coefficient (Wildman–Crippen LogP) is 2.05. The Bertz CT molecular complexity index is 127. The zero-order chi connectivity index (χ0) is 9.83. The summed E-state index contributed by atoms with van der Waals surface area (Å²) in [5, 5.41) is -0.0630. The second-order valence-electron chi connectivity index (χ2n) is 3.65. The van der Waals surface area contributed by atoms with Gasteiger partial charge >= 0.3 is 8.80 Å². The molecule has 0 aliphatic rings. The molecule has 0 saturated carbocycles. The van der Waals surface area contributed by atoms with Gasteiger partial charge in [-0.2, -0.15) is 0 Å². The van der Waals surface area contributed by atoms with E-state index in [0.29, 0.717) is 6.61 Å². The first kappa shape index (κ1) is 12.1. The molecule has 0 spiro atoms. The number of hydrogen-bond donors (Lipinski definition) is 0. The monoisotopic (exact) mass is 192 g/mol. The van der Waals surface area contributed by atoms with E-state index in [-0.39, 0.29) is 5.04 Å². The Morgan fingerprint density at radius 3 is 1.58 bits per heavy atom. The molecule has 0 unspecified atom stereocenters. The van der Waals surface area contributed by atoms with Gasteiger partial charge in [-0.1, -0.05) is 20.8 Å². The van der Waals surface area contributed by atoms with Gasteiger partial charge in [0.25, 0.3) is 0 Å². The van der Waals surface area contributed by atoms with Gasteiger partial charge in [-0.15, -0.1) is 0 Å². The van der Waals surface area contributed by atoms with Gasteiger partial charge in [0.05, 0.1) is 0 Å². The first-order valence-corrected chi connectivity index (χ1v) is 5.90. The highest BCUT2D eigenvalue weighted by molar-refractivity contribution is 6.63. The van der Waals surface area contributed by atoms with Crippen LogP contribution in [0.15, 0.2) is 0 Å². The first-order chi connectivity index (χ1) is 5.43. The molecule has 0 amide bonds. The minimum Gasteiger partial charge on any atom is -0.377 e. The van der Waals surface area contributed by atoms with Crippen molar-refractivity contribution in [3.8, 4) is 0 Å². The van der Waals surface area contributed by atoms with Crippen molar-refractivity contribution >= 4 is 8.80 Å².